The second kappa shape index (κ2) is 5.18. The van der Waals surface area contributed by atoms with Gasteiger partial charge in [0.25, 0.3) is 5.56 Å². The van der Waals surface area contributed by atoms with Gasteiger partial charge in [-0.2, -0.15) is 0 Å². The number of H-pyrrole nitrogens is 1. The van der Waals surface area contributed by atoms with Crippen LogP contribution in [-0.2, 0) is 0 Å². The molecule has 0 radical (unpaired) electrons. The molecule has 0 aliphatic heterocycles. The fourth-order valence-electron chi connectivity index (χ4n) is 2.18. The number of aryl methyl sites for hydroxylation is 2. The number of rotatable bonds is 2. The lowest BCUT2D eigenvalue weighted by Crippen LogP contribution is -2.29. The second-order valence-electron chi connectivity index (χ2n) is 4.99. The molecular formula is C16H14N2O2S. The standard InChI is InChI=1S/C16H14N2O2S/c1-10-3-5-12(6-4-10)13-8-14(19)17-16(20)18(13)15-7-11(2)9-21-15/h3-9H,1-2H3,(H,17,19,20). The van der Waals surface area contributed by atoms with E-state index in [1.807, 2.05) is 49.6 Å². The summed E-state index contributed by atoms with van der Waals surface area (Å²) < 4.78 is 1.55. The molecule has 3 aromatic rings. The highest BCUT2D eigenvalue weighted by Crippen LogP contribution is 2.24. The van der Waals surface area contributed by atoms with Gasteiger partial charge in [0.1, 0.15) is 5.00 Å². The quantitative estimate of drug-likeness (QED) is 0.791. The summed E-state index contributed by atoms with van der Waals surface area (Å²) in [6, 6.07) is 11.2. The van der Waals surface area contributed by atoms with E-state index in [-0.39, 0.29) is 5.56 Å². The van der Waals surface area contributed by atoms with Crippen molar-refractivity contribution in [2.45, 2.75) is 13.8 Å². The van der Waals surface area contributed by atoms with Gasteiger partial charge in [0, 0.05) is 6.07 Å². The van der Waals surface area contributed by atoms with Gasteiger partial charge in [0.2, 0.25) is 0 Å². The molecule has 0 spiro atoms. The summed E-state index contributed by atoms with van der Waals surface area (Å²) in [6.45, 7) is 3.97. The third-order valence-corrected chi connectivity index (χ3v) is 4.26. The van der Waals surface area contributed by atoms with Crippen LogP contribution in [0.25, 0.3) is 16.3 Å². The minimum atomic E-state index is -0.417. The largest absolute Gasteiger partial charge is 0.334 e. The Morgan fingerprint density at radius 1 is 1.00 bits per heavy atom. The van der Waals surface area contributed by atoms with E-state index in [9.17, 15) is 9.59 Å². The zero-order valence-electron chi connectivity index (χ0n) is 11.7. The molecular weight excluding hydrogens is 284 g/mol. The third kappa shape index (κ3) is 2.60. The monoisotopic (exact) mass is 298 g/mol. The van der Waals surface area contributed by atoms with Gasteiger partial charge in [0.05, 0.1) is 5.69 Å². The Morgan fingerprint density at radius 3 is 2.33 bits per heavy atom. The molecule has 1 aromatic carbocycles. The maximum absolute atomic E-state index is 12.2. The predicted molar refractivity (Wildman–Crippen MR) is 85.4 cm³/mol. The van der Waals surface area contributed by atoms with Crippen LogP contribution in [-0.4, -0.2) is 9.55 Å². The zero-order chi connectivity index (χ0) is 15.0. The van der Waals surface area contributed by atoms with Crippen molar-refractivity contribution in [3.63, 3.8) is 0 Å². The first kappa shape index (κ1) is 13.6. The van der Waals surface area contributed by atoms with Crippen LogP contribution < -0.4 is 11.2 Å². The molecule has 1 N–H and O–H groups in total. The van der Waals surface area contributed by atoms with E-state index in [1.54, 1.807) is 4.57 Å². The molecule has 0 saturated heterocycles. The number of hydrogen-bond acceptors (Lipinski definition) is 3. The van der Waals surface area contributed by atoms with Gasteiger partial charge >= 0.3 is 5.69 Å². The van der Waals surface area contributed by atoms with E-state index < -0.39 is 5.69 Å². The third-order valence-electron chi connectivity index (χ3n) is 3.23. The summed E-state index contributed by atoms with van der Waals surface area (Å²) >= 11 is 1.48. The molecule has 0 aliphatic rings. The summed E-state index contributed by atoms with van der Waals surface area (Å²) in [5.74, 6) is 0. The Bertz CT molecular complexity index is 901. The fraction of sp³-hybridized carbons (Fsp3) is 0.125. The number of nitrogens with one attached hydrogen (secondary N) is 1. The van der Waals surface area contributed by atoms with Gasteiger partial charge in [-0.3, -0.25) is 14.3 Å². The molecule has 2 aromatic heterocycles. The molecule has 106 valence electrons. The highest BCUT2D eigenvalue weighted by atomic mass is 32.1. The van der Waals surface area contributed by atoms with Crippen molar-refractivity contribution in [1.29, 1.82) is 0 Å². The first-order chi connectivity index (χ1) is 10.0. The fourth-order valence-corrected chi connectivity index (χ4v) is 3.10. The first-order valence-electron chi connectivity index (χ1n) is 6.53. The molecule has 3 rings (SSSR count). The van der Waals surface area contributed by atoms with E-state index in [2.05, 4.69) is 4.98 Å². The summed E-state index contributed by atoms with van der Waals surface area (Å²) in [7, 11) is 0. The van der Waals surface area contributed by atoms with Crippen LogP contribution in [0, 0.1) is 13.8 Å². The summed E-state index contributed by atoms with van der Waals surface area (Å²) in [6.07, 6.45) is 0. The van der Waals surface area contributed by atoms with Crippen LogP contribution in [0.3, 0.4) is 0 Å². The lowest BCUT2D eigenvalue weighted by atomic mass is 10.1. The van der Waals surface area contributed by atoms with E-state index in [0.717, 1.165) is 21.7 Å². The maximum Gasteiger partial charge on any atom is 0.334 e. The topological polar surface area (TPSA) is 54.9 Å². The molecule has 5 heteroatoms. The van der Waals surface area contributed by atoms with Crippen molar-refractivity contribution in [2.24, 2.45) is 0 Å². The number of hydrogen-bond donors (Lipinski definition) is 1. The Balaban J connectivity index is 2.31. The molecule has 0 aliphatic carbocycles. The second-order valence-corrected chi connectivity index (χ2v) is 5.88. The number of aromatic amines is 1. The molecule has 0 unspecified atom stereocenters. The number of benzene rings is 1. The predicted octanol–water partition coefficient (Wildman–Crippen LogP) is 2.87. The lowest BCUT2D eigenvalue weighted by Gasteiger charge is -2.10. The smallest absolute Gasteiger partial charge is 0.274 e. The maximum atomic E-state index is 12.2. The molecule has 2 heterocycles. The normalized spacial score (nSPS) is 10.8. The molecule has 0 fully saturated rings. The Hall–Kier alpha value is -2.40. The minimum Gasteiger partial charge on any atom is -0.274 e. The summed E-state index contributed by atoms with van der Waals surface area (Å²) in [4.78, 5) is 26.2. The average Bonchev–Trinajstić information content (AvgIpc) is 2.85. The van der Waals surface area contributed by atoms with Crippen LogP contribution in [0.2, 0.25) is 0 Å². The molecule has 0 atom stereocenters. The Labute approximate surface area is 125 Å². The van der Waals surface area contributed by atoms with Gasteiger partial charge in [-0.1, -0.05) is 29.8 Å². The SMILES string of the molecule is Cc1ccc(-c2cc(=O)[nH]c(=O)n2-c2cc(C)cs2)cc1. The van der Waals surface area contributed by atoms with Crippen molar-refractivity contribution in [3.05, 3.63) is 73.7 Å². The minimum absolute atomic E-state index is 0.389. The van der Waals surface area contributed by atoms with E-state index >= 15 is 0 Å². The highest BCUT2D eigenvalue weighted by molar-refractivity contribution is 7.12. The van der Waals surface area contributed by atoms with Crippen LogP contribution in [0.5, 0.6) is 0 Å². The van der Waals surface area contributed by atoms with Crippen LogP contribution in [0.4, 0.5) is 0 Å². The lowest BCUT2D eigenvalue weighted by molar-refractivity contribution is 0.918. The van der Waals surface area contributed by atoms with Crippen molar-refractivity contribution in [2.75, 3.05) is 0 Å². The number of aromatic nitrogens is 2. The Morgan fingerprint density at radius 2 is 1.71 bits per heavy atom. The van der Waals surface area contributed by atoms with Gasteiger partial charge in [-0.15, -0.1) is 11.3 Å². The molecule has 21 heavy (non-hydrogen) atoms. The van der Waals surface area contributed by atoms with Gasteiger partial charge in [-0.05, 0) is 36.4 Å². The van der Waals surface area contributed by atoms with Crippen molar-refractivity contribution >= 4 is 11.3 Å². The van der Waals surface area contributed by atoms with E-state index in [4.69, 9.17) is 0 Å². The molecule has 0 bridgehead atoms. The zero-order valence-corrected chi connectivity index (χ0v) is 12.5. The Kier molecular flexibility index (Phi) is 3.35. The summed E-state index contributed by atoms with van der Waals surface area (Å²) in [5, 5.41) is 2.77. The van der Waals surface area contributed by atoms with Gasteiger partial charge < -0.3 is 0 Å². The average molecular weight is 298 g/mol. The summed E-state index contributed by atoms with van der Waals surface area (Å²) in [5.41, 5.74) is 2.85. The van der Waals surface area contributed by atoms with Crippen molar-refractivity contribution in [1.82, 2.24) is 9.55 Å². The van der Waals surface area contributed by atoms with Crippen molar-refractivity contribution in [3.8, 4) is 16.3 Å². The van der Waals surface area contributed by atoms with Crippen LogP contribution in [0.1, 0.15) is 11.1 Å². The van der Waals surface area contributed by atoms with Crippen molar-refractivity contribution < 1.29 is 0 Å². The number of nitrogens with zero attached hydrogens (tertiary/aromatic N) is 1. The van der Waals surface area contributed by atoms with Gasteiger partial charge in [0.15, 0.2) is 0 Å². The van der Waals surface area contributed by atoms with E-state index in [1.165, 1.54) is 17.4 Å². The molecule has 0 saturated carbocycles. The molecule has 4 nitrogen and oxygen atoms in total. The first-order valence-corrected chi connectivity index (χ1v) is 7.41. The molecule has 0 amide bonds. The van der Waals surface area contributed by atoms with Crippen LogP contribution >= 0.6 is 11.3 Å². The highest BCUT2D eigenvalue weighted by Gasteiger charge is 2.11. The van der Waals surface area contributed by atoms with Gasteiger partial charge in [-0.25, -0.2) is 4.79 Å². The number of thiophene rings is 1. The van der Waals surface area contributed by atoms with Crippen LogP contribution in [0.15, 0.2) is 51.4 Å². The van der Waals surface area contributed by atoms with E-state index in [0.29, 0.717) is 5.69 Å².